The van der Waals surface area contributed by atoms with Crippen molar-refractivity contribution in [3.63, 3.8) is 0 Å². The van der Waals surface area contributed by atoms with Gasteiger partial charge in [0.05, 0.1) is 19.2 Å². The number of hydrogen-bond donors (Lipinski definition) is 2. The molecule has 1 unspecified atom stereocenters. The normalized spacial score (nSPS) is 15.2. The van der Waals surface area contributed by atoms with Crippen molar-refractivity contribution < 1.29 is 18.8 Å². The molecule has 3 aromatic carbocycles. The van der Waals surface area contributed by atoms with Crippen LogP contribution in [0.4, 0.5) is 4.39 Å². The number of carbonyl (C=O) groups excluding carboxylic acids is 1. The van der Waals surface area contributed by atoms with E-state index in [9.17, 15) is 9.18 Å². The van der Waals surface area contributed by atoms with Crippen LogP contribution in [0, 0.1) is 5.82 Å². The van der Waals surface area contributed by atoms with Gasteiger partial charge in [-0.25, -0.2) is 4.39 Å². The zero-order valence-electron chi connectivity index (χ0n) is 17.7. The number of carbonyl (C=O) groups is 1. The monoisotopic (exact) mass is 419 g/mol. The van der Waals surface area contributed by atoms with Crippen molar-refractivity contribution in [3.8, 4) is 5.75 Å². The molecule has 0 aliphatic heterocycles. The highest BCUT2D eigenvalue weighted by Gasteiger charge is 2.35. The Morgan fingerprint density at radius 2 is 1.65 bits per heavy atom. The van der Waals surface area contributed by atoms with Gasteiger partial charge in [0.2, 0.25) is 0 Å². The Bertz CT molecular complexity index is 986. The Balaban J connectivity index is 1.48. The average molecular weight is 420 g/mol. The summed E-state index contributed by atoms with van der Waals surface area (Å²) in [4.78, 5) is 14.3. The zero-order valence-corrected chi connectivity index (χ0v) is 17.7. The average Bonchev–Trinajstić information content (AvgIpc) is 3.65. The smallest absolute Gasteiger partial charge is 0.275 e. The lowest BCUT2D eigenvalue weighted by atomic mass is 9.98. The lowest BCUT2D eigenvalue weighted by Crippen LogP contribution is -3.13. The quantitative estimate of drug-likeness (QED) is 0.559. The van der Waals surface area contributed by atoms with Crippen LogP contribution in [0.5, 0.6) is 5.75 Å². The van der Waals surface area contributed by atoms with Crippen molar-refractivity contribution in [2.45, 2.75) is 31.5 Å². The summed E-state index contributed by atoms with van der Waals surface area (Å²) in [6, 6.07) is 24.6. The molecule has 0 aromatic heterocycles. The predicted molar refractivity (Wildman–Crippen MR) is 118 cm³/mol. The summed E-state index contributed by atoms with van der Waals surface area (Å²) < 4.78 is 18.5. The van der Waals surface area contributed by atoms with Crippen molar-refractivity contribution in [3.05, 3.63) is 101 Å². The minimum Gasteiger partial charge on any atom is -0.497 e. The van der Waals surface area contributed by atoms with Crippen LogP contribution in [0.2, 0.25) is 0 Å². The third-order valence-corrected chi connectivity index (χ3v) is 5.77. The maximum absolute atomic E-state index is 13.2. The lowest BCUT2D eigenvalue weighted by Gasteiger charge is -2.23. The van der Waals surface area contributed by atoms with Gasteiger partial charge in [-0.15, -0.1) is 0 Å². The molecule has 2 atom stereocenters. The Morgan fingerprint density at radius 1 is 1.00 bits per heavy atom. The first-order valence-corrected chi connectivity index (χ1v) is 10.7. The second-order valence-electron chi connectivity index (χ2n) is 8.10. The summed E-state index contributed by atoms with van der Waals surface area (Å²) in [6.07, 6.45) is 2.26. The molecule has 4 rings (SSSR count). The molecule has 31 heavy (non-hydrogen) atoms. The van der Waals surface area contributed by atoms with Gasteiger partial charge in [0.1, 0.15) is 18.1 Å². The highest BCUT2D eigenvalue weighted by Crippen LogP contribution is 2.24. The molecular formula is C26H28FN2O2+. The van der Waals surface area contributed by atoms with Crippen LogP contribution in [-0.4, -0.2) is 25.6 Å². The Morgan fingerprint density at radius 3 is 2.26 bits per heavy atom. The van der Waals surface area contributed by atoms with Crippen LogP contribution >= 0.6 is 0 Å². The fraction of sp³-hybridized carbons (Fsp3) is 0.269. The van der Waals surface area contributed by atoms with Gasteiger partial charge in [0, 0.05) is 18.4 Å². The number of ether oxygens (including phenoxy) is 1. The van der Waals surface area contributed by atoms with E-state index in [1.807, 2.05) is 54.6 Å². The Labute approximate surface area is 182 Å². The van der Waals surface area contributed by atoms with Crippen molar-refractivity contribution in [1.29, 1.82) is 0 Å². The molecule has 0 heterocycles. The van der Waals surface area contributed by atoms with Crippen LogP contribution in [-0.2, 0) is 11.3 Å². The third-order valence-electron chi connectivity index (χ3n) is 5.77. The number of quaternary nitrogens is 1. The van der Waals surface area contributed by atoms with E-state index in [2.05, 4.69) is 5.32 Å². The number of rotatable bonds is 9. The molecule has 3 aromatic rings. The molecule has 1 aliphatic rings. The van der Waals surface area contributed by atoms with E-state index in [1.165, 1.54) is 17.0 Å². The summed E-state index contributed by atoms with van der Waals surface area (Å²) >= 11 is 0. The van der Waals surface area contributed by atoms with Gasteiger partial charge < -0.3 is 15.0 Å². The summed E-state index contributed by atoms with van der Waals surface area (Å²) in [5, 5.41) is 3.23. The summed E-state index contributed by atoms with van der Waals surface area (Å²) in [5.41, 5.74) is 3.09. The van der Waals surface area contributed by atoms with Gasteiger partial charge in [-0.05, 0) is 35.4 Å². The third kappa shape index (κ3) is 5.70. The van der Waals surface area contributed by atoms with Crippen LogP contribution in [0.15, 0.2) is 78.9 Å². The number of benzene rings is 3. The van der Waals surface area contributed by atoms with Crippen LogP contribution in [0.1, 0.15) is 35.6 Å². The van der Waals surface area contributed by atoms with E-state index in [0.29, 0.717) is 12.6 Å². The fourth-order valence-corrected chi connectivity index (χ4v) is 3.93. The molecule has 1 saturated carbocycles. The Hall–Kier alpha value is -3.18. The molecule has 0 radical (unpaired) electrons. The van der Waals surface area contributed by atoms with E-state index < -0.39 is 0 Å². The van der Waals surface area contributed by atoms with Gasteiger partial charge in [0.25, 0.3) is 5.91 Å². The van der Waals surface area contributed by atoms with E-state index in [1.54, 1.807) is 19.2 Å². The maximum atomic E-state index is 13.2. The molecule has 1 fully saturated rings. The molecule has 1 amide bonds. The topological polar surface area (TPSA) is 42.8 Å². The van der Waals surface area contributed by atoms with E-state index in [-0.39, 0.29) is 17.8 Å². The maximum Gasteiger partial charge on any atom is 0.275 e. The molecule has 4 nitrogen and oxygen atoms in total. The van der Waals surface area contributed by atoms with E-state index >= 15 is 0 Å². The number of halogens is 1. The van der Waals surface area contributed by atoms with Gasteiger partial charge in [-0.3, -0.25) is 4.79 Å². The first-order valence-electron chi connectivity index (χ1n) is 10.7. The second-order valence-corrected chi connectivity index (χ2v) is 8.10. The minimum atomic E-state index is -0.236. The largest absolute Gasteiger partial charge is 0.497 e. The van der Waals surface area contributed by atoms with Crippen LogP contribution in [0.25, 0.3) is 0 Å². The molecule has 0 saturated heterocycles. The standard InChI is InChI=1S/C26H27FN2O2/c1-31-24-15-9-21(10-16-24)26(20-5-3-2-4-6-20)28-25(30)18-29(23-13-14-23)17-19-7-11-22(27)12-8-19/h2-12,15-16,23,26H,13-14,17-18H2,1H3,(H,28,30)/p+1/t26-/m0/s1. The highest BCUT2D eigenvalue weighted by atomic mass is 19.1. The fourth-order valence-electron chi connectivity index (χ4n) is 3.93. The van der Waals surface area contributed by atoms with E-state index in [0.717, 1.165) is 41.8 Å². The molecule has 1 aliphatic carbocycles. The van der Waals surface area contributed by atoms with Gasteiger partial charge in [0.15, 0.2) is 6.54 Å². The van der Waals surface area contributed by atoms with Gasteiger partial charge >= 0.3 is 0 Å². The SMILES string of the molecule is COc1ccc([C@@H](NC(=O)C[NH+](Cc2ccc(F)cc2)C2CC2)c2ccccc2)cc1. The summed E-state index contributed by atoms with van der Waals surface area (Å²) in [7, 11) is 1.64. The highest BCUT2D eigenvalue weighted by molar-refractivity contribution is 5.78. The van der Waals surface area contributed by atoms with Crippen molar-refractivity contribution in [2.75, 3.05) is 13.7 Å². The van der Waals surface area contributed by atoms with E-state index in [4.69, 9.17) is 4.74 Å². The molecule has 0 bridgehead atoms. The number of methoxy groups -OCH3 is 1. The summed E-state index contributed by atoms with van der Waals surface area (Å²) in [5.74, 6) is 0.555. The molecule has 0 spiro atoms. The first kappa shape index (κ1) is 21.1. The second kappa shape index (κ2) is 9.75. The summed E-state index contributed by atoms with van der Waals surface area (Å²) in [6.45, 7) is 1.11. The van der Waals surface area contributed by atoms with Crippen molar-refractivity contribution in [2.24, 2.45) is 0 Å². The molecule has 2 N–H and O–H groups in total. The van der Waals surface area contributed by atoms with Crippen molar-refractivity contribution >= 4 is 5.91 Å². The lowest BCUT2D eigenvalue weighted by molar-refractivity contribution is -0.917. The molecular weight excluding hydrogens is 391 g/mol. The van der Waals surface area contributed by atoms with Crippen LogP contribution < -0.4 is 15.0 Å². The van der Waals surface area contributed by atoms with Crippen molar-refractivity contribution in [1.82, 2.24) is 5.32 Å². The Kier molecular flexibility index (Phi) is 6.63. The predicted octanol–water partition coefficient (Wildman–Crippen LogP) is 3.29. The number of nitrogens with one attached hydrogen (secondary N) is 2. The zero-order chi connectivity index (χ0) is 21.6. The van der Waals surface area contributed by atoms with Gasteiger partial charge in [-0.2, -0.15) is 0 Å². The molecule has 160 valence electrons. The van der Waals surface area contributed by atoms with Crippen LogP contribution in [0.3, 0.4) is 0 Å². The number of hydrogen-bond acceptors (Lipinski definition) is 2. The first-order chi connectivity index (χ1) is 15.1. The minimum absolute atomic E-state index is 0.00804. The van der Waals surface area contributed by atoms with Gasteiger partial charge in [-0.1, -0.05) is 54.6 Å². The number of amides is 1. The molecule has 5 heteroatoms.